The second-order valence-electron chi connectivity index (χ2n) is 5.12. The third-order valence-corrected chi connectivity index (χ3v) is 4.04. The van der Waals surface area contributed by atoms with Gasteiger partial charge in [-0.1, -0.05) is 0 Å². The van der Waals surface area contributed by atoms with Crippen LogP contribution in [0.15, 0.2) is 12.5 Å². The Balaban J connectivity index is 1.66. The lowest BCUT2D eigenvalue weighted by molar-refractivity contribution is -0.0204. The van der Waals surface area contributed by atoms with Crippen molar-refractivity contribution in [2.45, 2.75) is 44.2 Å². The first-order chi connectivity index (χ1) is 8.38. The SMILES string of the molecule is CCOC1CC(n2cncc2C2CCNC2)C1. The zero-order valence-electron chi connectivity index (χ0n) is 10.4. The van der Waals surface area contributed by atoms with Crippen molar-refractivity contribution in [2.75, 3.05) is 19.7 Å². The van der Waals surface area contributed by atoms with E-state index in [2.05, 4.69) is 21.8 Å². The standard InChI is InChI=1S/C13H21N3O/c1-2-17-12-5-11(6-12)16-9-15-8-13(16)10-3-4-14-7-10/h8-12,14H,2-7H2,1H3. The lowest BCUT2D eigenvalue weighted by Gasteiger charge is -2.37. The van der Waals surface area contributed by atoms with E-state index in [1.165, 1.54) is 12.1 Å². The van der Waals surface area contributed by atoms with Crippen molar-refractivity contribution < 1.29 is 4.74 Å². The molecule has 1 aromatic heterocycles. The Morgan fingerprint density at radius 1 is 1.53 bits per heavy atom. The lowest BCUT2D eigenvalue weighted by atomic mass is 9.88. The molecule has 1 aliphatic carbocycles. The van der Waals surface area contributed by atoms with Gasteiger partial charge in [0.2, 0.25) is 0 Å². The van der Waals surface area contributed by atoms with Gasteiger partial charge in [-0.2, -0.15) is 0 Å². The summed E-state index contributed by atoms with van der Waals surface area (Å²) in [5.41, 5.74) is 1.41. The fourth-order valence-corrected chi connectivity index (χ4v) is 2.98. The second kappa shape index (κ2) is 4.78. The molecule has 2 fully saturated rings. The van der Waals surface area contributed by atoms with Gasteiger partial charge in [0.25, 0.3) is 0 Å². The Bertz CT molecular complexity index is 364. The van der Waals surface area contributed by atoms with Crippen LogP contribution in [-0.4, -0.2) is 35.4 Å². The van der Waals surface area contributed by atoms with Crippen molar-refractivity contribution in [3.8, 4) is 0 Å². The second-order valence-corrected chi connectivity index (χ2v) is 5.12. The van der Waals surface area contributed by atoms with E-state index in [1.807, 2.05) is 12.5 Å². The van der Waals surface area contributed by atoms with Crippen molar-refractivity contribution in [1.82, 2.24) is 14.9 Å². The highest BCUT2D eigenvalue weighted by Gasteiger charge is 2.33. The van der Waals surface area contributed by atoms with Gasteiger partial charge in [0.1, 0.15) is 0 Å². The highest BCUT2D eigenvalue weighted by molar-refractivity contribution is 5.11. The molecule has 1 N–H and O–H groups in total. The fourth-order valence-electron chi connectivity index (χ4n) is 2.98. The molecule has 1 atom stereocenters. The van der Waals surface area contributed by atoms with Crippen molar-refractivity contribution in [3.63, 3.8) is 0 Å². The van der Waals surface area contributed by atoms with Gasteiger partial charge in [-0.3, -0.25) is 0 Å². The molecule has 0 amide bonds. The molecule has 3 rings (SSSR count). The average molecular weight is 235 g/mol. The Hall–Kier alpha value is -0.870. The Morgan fingerprint density at radius 2 is 2.41 bits per heavy atom. The third kappa shape index (κ3) is 2.11. The first-order valence-corrected chi connectivity index (χ1v) is 6.72. The van der Waals surface area contributed by atoms with Gasteiger partial charge in [0.05, 0.1) is 12.4 Å². The molecule has 4 nitrogen and oxygen atoms in total. The van der Waals surface area contributed by atoms with Crippen LogP contribution in [0, 0.1) is 0 Å². The maximum absolute atomic E-state index is 5.63. The van der Waals surface area contributed by atoms with E-state index in [4.69, 9.17) is 4.74 Å². The molecule has 0 bridgehead atoms. The van der Waals surface area contributed by atoms with Crippen LogP contribution in [-0.2, 0) is 4.74 Å². The molecule has 1 saturated carbocycles. The van der Waals surface area contributed by atoms with E-state index in [0.29, 0.717) is 18.1 Å². The summed E-state index contributed by atoms with van der Waals surface area (Å²) in [4.78, 5) is 4.34. The number of rotatable bonds is 4. The van der Waals surface area contributed by atoms with Crippen LogP contribution in [0.4, 0.5) is 0 Å². The van der Waals surface area contributed by atoms with E-state index in [1.54, 1.807) is 0 Å². The number of hydrogen-bond acceptors (Lipinski definition) is 3. The van der Waals surface area contributed by atoms with Crippen LogP contribution in [0.5, 0.6) is 0 Å². The van der Waals surface area contributed by atoms with Crippen molar-refractivity contribution in [2.24, 2.45) is 0 Å². The van der Waals surface area contributed by atoms with Crippen molar-refractivity contribution in [3.05, 3.63) is 18.2 Å². The minimum Gasteiger partial charge on any atom is -0.378 e. The first kappa shape index (κ1) is 11.2. The van der Waals surface area contributed by atoms with E-state index in [0.717, 1.165) is 32.5 Å². The predicted octanol–water partition coefficient (Wildman–Crippen LogP) is 1.70. The maximum Gasteiger partial charge on any atom is 0.0950 e. The topological polar surface area (TPSA) is 39.1 Å². The fraction of sp³-hybridized carbons (Fsp3) is 0.769. The van der Waals surface area contributed by atoms with Crippen molar-refractivity contribution in [1.29, 1.82) is 0 Å². The predicted molar refractivity (Wildman–Crippen MR) is 66.1 cm³/mol. The molecule has 4 heteroatoms. The number of nitrogens with zero attached hydrogens (tertiary/aromatic N) is 2. The summed E-state index contributed by atoms with van der Waals surface area (Å²) in [6, 6.07) is 0.615. The van der Waals surface area contributed by atoms with Gasteiger partial charge in [-0.15, -0.1) is 0 Å². The zero-order valence-corrected chi connectivity index (χ0v) is 10.4. The van der Waals surface area contributed by atoms with E-state index in [-0.39, 0.29) is 0 Å². The minimum absolute atomic E-state index is 0.474. The largest absolute Gasteiger partial charge is 0.378 e. The van der Waals surface area contributed by atoms with Crippen LogP contribution in [0.1, 0.15) is 43.8 Å². The lowest BCUT2D eigenvalue weighted by Crippen LogP contribution is -2.34. The van der Waals surface area contributed by atoms with Gasteiger partial charge >= 0.3 is 0 Å². The normalized spacial score (nSPS) is 32.6. The van der Waals surface area contributed by atoms with Crippen LogP contribution in [0.3, 0.4) is 0 Å². The minimum atomic E-state index is 0.474. The monoisotopic (exact) mass is 235 g/mol. The molecule has 2 heterocycles. The zero-order chi connectivity index (χ0) is 11.7. The number of nitrogens with one attached hydrogen (secondary N) is 1. The molecule has 1 aliphatic heterocycles. The molecular weight excluding hydrogens is 214 g/mol. The molecule has 1 saturated heterocycles. The molecule has 0 radical (unpaired) electrons. The van der Waals surface area contributed by atoms with Gasteiger partial charge < -0.3 is 14.6 Å². The summed E-state index contributed by atoms with van der Waals surface area (Å²) in [5, 5.41) is 3.43. The summed E-state index contributed by atoms with van der Waals surface area (Å²) in [6.07, 6.45) is 8.07. The Kier molecular flexibility index (Phi) is 3.16. The Morgan fingerprint density at radius 3 is 3.12 bits per heavy atom. The first-order valence-electron chi connectivity index (χ1n) is 6.72. The molecule has 17 heavy (non-hydrogen) atoms. The summed E-state index contributed by atoms with van der Waals surface area (Å²) in [5.74, 6) is 0.656. The summed E-state index contributed by atoms with van der Waals surface area (Å²) >= 11 is 0. The highest BCUT2D eigenvalue weighted by Crippen LogP contribution is 2.37. The van der Waals surface area contributed by atoms with Crippen LogP contribution in [0.2, 0.25) is 0 Å². The summed E-state index contributed by atoms with van der Waals surface area (Å²) < 4.78 is 8.01. The Labute approximate surface area is 102 Å². The van der Waals surface area contributed by atoms with Crippen LogP contribution >= 0.6 is 0 Å². The molecule has 1 unspecified atom stereocenters. The molecule has 0 spiro atoms. The summed E-state index contributed by atoms with van der Waals surface area (Å²) in [6.45, 7) is 5.15. The molecule has 94 valence electrons. The number of ether oxygens (including phenoxy) is 1. The number of imidazole rings is 1. The third-order valence-electron chi connectivity index (χ3n) is 4.04. The van der Waals surface area contributed by atoms with E-state index in [9.17, 15) is 0 Å². The van der Waals surface area contributed by atoms with E-state index >= 15 is 0 Å². The van der Waals surface area contributed by atoms with Gasteiger partial charge in [-0.25, -0.2) is 4.98 Å². The smallest absolute Gasteiger partial charge is 0.0950 e. The van der Waals surface area contributed by atoms with Gasteiger partial charge in [-0.05, 0) is 32.7 Å². The molecule has 2 aliphatic rings. The molecule has 1 aromatic rings. The summed E-state index contributed by atoms with van der Waals surface area (Å²) in [7, 11) is 0. The van der Waals surface area contributed by atoms with Crippen LogP contribution < -0.4 is 5.32 Å². The quantitative estimate of drug-likeness (QED) is 0.863. The molecule has 0 aromatic carbocycles. The maximum atomic E-state index is 5.63. The van der Waals surface area contributed by atoms with Crippen LogP contribution in [0.25, 0.3) is 0 Å². The number of hydrogen-bond donors (Lipinski definition) is 1. The van der Waals surface area contributed by atoms with E-state index < -0.39 is 0 Å². The molecular formula is C13H21N3O. The highest BCUT2D eigenvalue weighted by atomic mass is 16.5. The average Bonchev–Trinajstić information content (AvgIpc) is 2.92. The van der Waals surface area contributed by atoms with Gasteiger partial charge in [0, 0.05) is 37.0 Å². The number of aromatic nitrogens is 2. The van der Waals surface area contributed by atoms with Crippen molar-refractivity contribution >= 4 is 0 Å². The van der Waals surface area contributed by atoms with Gasteiger partial charge in [0.15, 0.2) is 0 Å².